The van der Waals surface area contributed by atoms with Crippen LogP contribution in [0.3, 0.4) is 0 Å². The summed E-state index contributed by atoms with van der Waals surface area (Å²) in [4.78, 5) is 22.9. The van der Waals surface area contributed by atoms with E-state index in [1.807, 2.05) is 28.8 Å². The van der Waals surface area contributed by atoms with Crippen LogP contribution in [0.25, 0.3) is 11.4 Å². The number of unbranched alkanes of at least 4 members (excludes halogenated alkanes) is 1. The lowest BCUT2D eigenvalue weighted by Gasteiger charge is -2.10. The molecule has 0 saturated heterocycles. The average molecular weight is 476 g/mol. The molecule has 11 heteroatoms. The van der Waals surface area contributed by atoms with Gasteiger partial charge in [0.05, 0.1) is 17.8 Å². The van der Waals surface area contributed by atoms with E-state index in [4.69, 9.17) is 16.3 Å². The summed E-state index contributed by atoms with van der Waals surface area (Å²) in [5.74, 6) is 1.23. The van der Waals surface area contributed by atoms with E-state index in [2.05, 4.69) is 22.4 Å². The first kappa shape index (κ1) is 23.6. The van der Waals surface area contributed by atoms with Crippen molar-refractivity contribution in [2.45, 2.75) is 31.5 Å². The second kappa shape index (κ2) is 11.0. The van der Waals surface area contributed by atoms with Crippen LogP contribution in [0.5, 0.6) is 5.75 Å². The van der Waals surface area contributed by atoms with Crippen LogP contribution in [0.1, 0.15) is 19.8 Å². The van der Waals surface area contributed by atoms with Crippen molar-refractivity contribution in [3.05, 3.63) is 57.6 Å². The van der Waals surface area contributed by atoms with Crippen molar-refractivity contribution < 1.29 is 14.5 Å². The normalized spacial score (nSPS) is 10.7. The lowest BCUT2D eigenvalue weighted by molar-refractivity contribution is -0.384. The minimum absolute atomic E-state index is 0.0115. The molecule has 0 aliphatic rings. The van der Waals surface area contributed by atoms with Crippen LogP contribution in [0, 0.1) is 10.1 Å². The topological polar surface area (TPSA) is 112 Å². The Hall–Kier alpha value is -3.11. The fraction of sp³-hybridized carbons (Fsp3) is 0.286. The molecule has 1 aromatic heterocycles. The fourth-order valence-corrected chi connectivity index (χ4v) is 3.88. The molecule has 1 N–H and O–H groups in total. The highest BCUT2D eigenvalue weighted by Crippen LogP contribution is 2.28. The summed E-state index contributed by atoms with van der Waals surface area (Å²) >= 11 is 7.07. The number of hydrogen-bond acceptors (Lipinski definition) is 7. The van der Waals surface area contributed by atoms with Gasteiger partial charge in [-0.25, -0.2) is 0 Å². The highest BCUT2D eigenvalue weighted by Gasteiger charge is 2.17. The Labute approximate surface area is 194 Å². The lowest BCUT2D eigenvalue weighted by Crippen LogP contribution is -2.15. The number of amides is 1. The van der Waals surface area contributed by atoms with Crippen LogP contribution in [0.2, 0.25) is 5.02 Å². The minimum Gasteiger partial charge on any atom is -0.497 e. The Bertz CT molecular complexity index is 1100. The maximum Gasteiger partial charge on any atom is 0.289 e. The zero-order valence-corrected chi connectivity index (χ0v) is 19.2. The molecule has 168 valence electrons. The number of thioether (sulfide) groups is 1. The van der Waals surface area contributed by atoms with Crippen LogP contribution in [-0.4, -0.2) is 38.5 Å². The molecule has 0 bridgehead atoms. The van der Waals surface area contributed by atoms with Gasteiger partial charge in [0.1, 0.15) is 10.8 Å². The first-order valence-electron chi connectivity index (χ1n) is 9.87. The molecule has 0 radical (unpaired) electrons. The van der Waals surface area contributed by atoms with E-state index in [0.717, 1.165) is 36.5 Å². The molecular weight excluding hydrogens is 454 g/mol. The number of nitrogens with zero attached hydrogens (tertiary/aromatic N) is 4. The summed E-state index contributed by atoms with van der Waals surface area (Å²) in [6, 6.07) is 11.7. The van der Waals surface area contributed by atoms with E-state index in [1.54, 1.807) is 7.11 Å². The highest BCUT2D eigenvalue weighted by molar-refractivity contribution is 7.99. The van der Waals surface area contributed by atoms with Gasteiger partial charge in [-0.1, -0.05) is 36.7 Å². The summed E-state index contributed by atoms with van der Waals surface area (Å²) in [6.45, 7) is 2.82. The molecule has 1 amide bonds. The van der Waals surface area contributed by atoms with Crippen molar-refractivity contribution in [3.63, 3.8) is 0 Å². The number of benzene rings is 2. The van der Waals surface area contributed by atoms with Crippen molar-refractivity contribution >= 4 is 40.6 Å². The third-order valence-corrected chi connectivity index (χ3v) is 5.85. The molecule has 0 aliphatic heterocycles. The Kier molecular flexibility index (Phi) is 8.07. The van der Waals surface area contributed by atoms with E-state index in [0.29, 0.717) is 10.8 Å². The van der Waals surface area contributed by atoms with Gasteiger partial charge < -0.3 is 14.6 Å². The molecule has 2 aromatic carbocycles. The van der Waals surface area contributed by atoms with Crippen molar-refractivity contribution in [2.75, 3.05) is 18.2 Å². The summed E-state index contributed by atoms with van der Waals surface area (Å²) in [6.07, 6.45) is 1.94. The van der Waals surface area contributed by atoms with Crippen LogP contribution >= 0.6 is 23.4 Å². The van der Waals surface area contributed by atoms with Crippen LogP contribution in [-0.2, 0) is 11.3 Å². The van der Waals surface area contributed by atoms with Gasteiger partial charge in [0, 0.05) is 23.9 Å². The number of aromatic nitrogens is 3. The van der Waals surface area contributed by atoms with Gasteiger partial charge in [0.2, 0.25) is 5.91 Å². The number of halogens is 1. The Morgan fingerprint density at radius 2 is 2.00 bits per heavy atom. The third kappa shape index (κ3) is 5.77. The zero-order chi connectivity index (χ0) is 23.1. The SMILES string of the molecule is CCCCn1c(SCC(=O)Nc2ccc(Cl)c([N+](=O)[O-])c2)nnc1-c1ccc(OC)cc1. The van der Waals surface area contributed by atoms with E-state index < -0.39 is 4.92 Å². The average Bonchev–Trinajstić information content (AvgIpc) is 3.20. The van der Waals surface area contributed by atoms with Gasteiger partial charge >= 0.3 is 0 Å². The summed E-state index contributed by atoms with van der Waals surface area (Å²) in [5.41, 5.74) is 0.942. The molecule has 0 atom stereocenters. The quantitative estimate of drug-likeness (QED) is 0.248. The number of nitro benzene ring substituents is 1. The third-order valence-electron chi connectivity index (χ3n) is 4.56. The number of ether oxygens (including phenoxy) is 1. The first-order valence-corrected chi connectivity index (χ1v) is 11.2. The van der Waals surface area contributed by atoms with E-state index in [1.165, 1.54) is 30.0 Å². The number of hydrogen-bond donors (Lipinski definition) is 1. The van der Waals surface area contributed by atoms with Gasteiger partial charge in [-0.3, -0.25) is 14.9 Å². The number of nitrogens with one attached hydrogen (secondary N) is 1. The minimum atomic E-state index is -0.594. The van der Waals surface area contributed by atoms with Crippen molar-refractivity contribution in [1.29, 1.82) is 0 Å². The van der Waals surface area contributed by atoms with Crippen LogP contribution in [0.15, 0.2) is 47.6 Å². The van der Waals surface area contributed by atoms with Crippen molar-refractivity contribution in [3.8, 4) is 17.1 Å². The monoisotopic (exact) mass is 475 g/mol. The highest BCUT2D eigenvalue weighted by atomic mass is 35.5. The number of carbonyl (C=O) groups is 1. The van der Waals surface area contributed by atoms with E-state index in [9.17, 15) is 14.9 Å². The number of carbonyl (C=O) groups excluding carboxylic acids is 1. The van der Waals surface area contributed by atoms with Crippen molar-refractivity contribution in [1.82, 2.24) is 14.8 Å². The molecule has 1 heterocycles. The number of nitro groups is 1. The van der Waals surface area contributed by atoms with Gasteiger partial charge in [-0.05, 0) is 42.8 Å². The Morgan fingerprint density at radius 1 is 1.25 bits per heavy atom. The lowest BCUT2D eigenvalue weighted by atomic mass is 10.2. The first-order chi connectivity index (χ1) is 15.4. The second-order valence-corrected chi connectivity index (χ2v) is 8.15. The molecule has 3 rings (SSSR count). The van der Waals surface area contributed by atoms with Crippen LogP contribution < -0.4 is 10.1 Å². The van der Waals surface area contributed by atoms with Gasteiger partial charge in [0.15, 0.2) is 11.0 Å². The summed E-state index contributed by atoms with van der Waals surface area (Å²) < 4.78 is 7.21. The predicted molar refractivity (Wildman–Crippen MR) is 124 cm³/mol. The number of methoxy groups -OCH3 is 1. The van der Waals surface area contributed by atoms with Gasteiger partial charge in [-0.2, -0.15) is 0 Å². The van der Waals surface area contributed by atoms with E-state index in [-0.39, 0.29) is 22.4 Å². The molecule has 0 aliphatic carbocycles. The van der Waals surface area contributed by atoms with E-state index >= 15 is 0 Å². The molecule has 0 unspecified atom stereocenters. The fourth-order valence-electron chi connectivity index (χ4n) is 2.92. The van der Waals surface area contributed by atoms with Gasteiger partial charge in [-0.15, -0.1) is 10.2 Å². The van der Waals surface area contributed by atoms with Crippen molar-refractivity contribution in [2.24, 2.45) is 0 Å². The molecular formula is C21H22ClN5O4S. The van der Waals surface area contributed by atoms with Crippen LogP contribution in [0.4, 0.5) is 11.4 Å². The molecule has 0 spiro atoms. The smallest absolute Gasteiger partial charge is 0.289 e. The molecule has 3 aromatic rings. The number of rotatable bonds is 10. The predicted octanol–water partition coefficient (Wildman–Crippen LogP) is 5.05. The zero-order valence-electron chi connectivity index (χ0n) is 17.6. The maximum absolute atomic E-state index is 12.4. The maximum atomic E-state index is 12.4. The standard InChI is InChI=1S/C21H22ClN5O4S/c1-3-4-11-26-20(14-5-8-16(31-2)9-6-14)24-25-21(26)32-13-19(28)23-15-7-10-17(22)18(12-15)27(29)30/h5-10,12H,3-4,11,13H2,1-2H3,(H,23,28). The molecule has 9 nitrogen and oxygen atoms in total. The second-order valence-electron chi connectivity index (χ2n) is 6.80. The summed E-state index contributed by atoms with van der Waals surface area (Å²) in [5, 5.41) is 22.9. The molecule has 0 saturated carbocycles. The van der Waals surface area contributed by atoms with Gasteiger partial charge in [0.25, 0.3) is 5.69 Å². The number of anilines is 1. The largest absolute Gasteiger partial charge is 0.497 e. The Morgan fingerprint density at radius 3 is 2.66 bits per heavy atom. The molecule has 32 heavy (non-hydrogen) atoms. The summed E-state index contributed by atoms with van der Waals surface area (Å²) in [7, 11) is 1.61. The molecule has 0 fully saturated rings. The Balaban J connectivity index is 1.72.